The van der Waals surface area contributed by atoms with Crippen molar-refractivity contribution in [1.82, 2.24) is 0 Å². The third-order valence-electron chi connectivity index (χ3n) is 2.29. The van der Waals surface area contributed by atoms with Crippen molar-refractivity contribution in [2.45, 2.75) is 46.3 Å². The molecule has 0 spiro atoms. The quantitative estimate of drug-likeness (QED) is 0.290. The van der Waals surface area contributed by atoms with Crippen LogP contribution < -0.4 is 0 Å². The molecule has 0 aliphatic heterocycles. The van der Waals surface area contributed by atoms with E-state index in [0.29, 0.717) is 37.6 Å². The molecule has 0 aromatic heterocycles. The Labute approximate surface area is 133 Å². The van der Waals surface area contributed by atoms with E-state index in [1.807, 2.05) is 13.8 Å². The lowest BCUT2D eigenvalue weighted by Crippen LogP contribution is -2.51. The second-order valence-corrected chi connectivity index (χ2v) is 7.32. The minimum Gasteiger partial charge on any atom is -0.372 e. The monoisotopic (exact) mass is 348 g/mol. The average molecular weight is 349 g/mol. The Hall–Kier alpha value is 0.597. The van der Waals surface area contributed by atoms with Gasteiger partial charge in [-0.25, -0.2) is 0 Å². The van der Waals surface area contributed by atoms with E-state index in [0.717, 1.165) is 0 Å². The molecule has 0 amide bonds. The molecule has 0 N–H and O–H groups in total. The van der Waals surface area contributed by atoms with Crippen LogP contribution in [0.1, 0.15) is 27.7 Å². The van der Waals surface area contributed by atoms with E-state index in [9.17, 15) is 0 Å². The minimum atomic E-state index is -2.98. The maximum absolute atomic E-state index is 5.89. The fourth-order valence-electron chi connectivity index (χ4n) is 1.64. The number of rotatable bonds is 13. The molecule has 20 heavy (non-hydrogen) atoms. The first-order valence-electron chi connectivity index (χ1n) is 6.88. The first kappa shape index (κ1) is 20.6. The van der Waals surface area contributed by atoms with Gasteiger partial charge in [-0.2, -0.15) is 0 Å². The second-order valence-electron chi connectivity index (χ2n) is 3.94. The van der Waals surface area contributed by atoms with Gasteiger partial charge in [0.25, 0.3) is 0 Å². The third kappa shape index (κ3) is 8.79. The Kier molecular flexibility index (Phi) is 12.5. The summed E-state index contributed by atoms with van der Waals surface area (Å²) in [5.41, 5.74) is 0. The Morgan fingerprint density at radius 2 is 1.40 bits per heavy atom. The van der Waals surface area contributed by atoms with E-state index in [-0.39, 0.29) is 0 Å². The summed E-state index contributed by atoms with van der Waals surface area (Å²) in [6.45, 7) is 8.83. The van der Waals surface area contributed by atoms with Crippen molar-refractivity contribution in [3.8, 4) is 0 Å². The average Bonchev–Trinajstić information content (AvgIpc) is 2.37. The highest BCUT2D eigenvalue weighted by molar-refractivity contribution is 6.61. The van der Waals surface area contributed by atoms with Crippen LogP contribution in [0, 0.1) is 0 Å². The van der Waals surface area contributed by atoms with Crippen molar-refractivity contribution < 1.29 is 22.8 Å². The van der Waals surface area contributed by atoms with Gasteiger partial charge in [-0.15, -0.1) is 23.2 Å². The lowest BCUT2D eigenvalue weighted by Gasteiger charge is -2.33. The Morgan fingerprint density at radius 1 is 0.900 bits per heavy atom. The highest BCUT2D eigenvalue weighted by Crippen LogP contribution is 2.22. The van der Waals surface area contributed by atoms with Crippen LogP contribution in [-0.2, 0) is 22.8 Å². The van der Waals surface area contributed by atoms with Crippen LogP contribution in [0.2, 0.25) is 6.04 Å². The Morgan fingerprint density at radius 3 is 1.75 bits per heavy atom. The third-order valence-corrected chi connectivity index (χ3v) is 5.84. The van der Waals surface area contributed by atoms with Crippen molar-refractivity contribution in [1.29, 1.82) is 0 Å². The van der Waals surface area contributed by atoms with Gasteiger partial charge < -0.3 is 22.8 Å². The second kappa shape index (κ2) is 12.2. The summed E-state index contributed by atoms with van der Waals surface area (Å²) >= 11 is 11.6. The molecule has 0 aliphatic carbocycles. The van der Waals surface area contributed by atoms with Crippen molar-refractivity contribution in [3.63, 3.8) is 0 Å². The molecule has 0 saturated carbocycles. The van der Waals surface area contributed by atoms with Crippen molar-refractivity contribution in [3.05, 3.63) is 0 Å². The number of alkyl halides is 2. The van der Waals surface area contributed by atoms with Gasteiger partial charge in [0.2, 0.25) is 0 Å². The number of hydrogen-bond donors (Lipinski definition) is 0. The summed E-state index contributed by atoms with van der Waals surface area (Å²) in [5.74, 6) is 0.724. The SMILES string of the molecule is CCOC(C)O[Si](CCCl)(OCCCl)OC(C)OCC. The summed E-state index contributed by atoms with van der Waals surface area (Å²) < 4.78 is 28.3. The van der Waals surface area contributed by atoms with Crippen LogP contribution in [0.3, 0.4) is 0 Å². The van der Waals surface area contributed by atoms with Crippen molar-refractivity contribution >= 4 is 32.0 Å². The summed E-state index contributed by atoms with van der Waals surface area (Å²) in [6, 6.07) is 0.472. The molecule has 0 bridgehead atoms. The van der Waals surface area contributed by atoms with Crippen molar-refractivity contribution in [2.75, 3.05) is 31.6 Å². The maximum atomic E-state index is 5.89. The zero-order chi connectivity index (χ0) is 15.4. The molecule has 0 saturated heterocycles. The molecule has 122 valence electrons. The molecule has 0 rings (SSSR count). The van der Waals surface area contributed by atoms with E-state index >= 15 is 0 Å². The standard InChI is InChI=1S/C12H26Cl2O5Si/c1-5-15-11(3)18-20(10-8-14,17-9-7-13)19-12(4)16-6-2/h11-12H,5-10H2,1-4H3. The van der Waals surface area contributed by atoms with Crippen LogP contribution in [0.25, 0.3) is 0 Å². The molecule has 0 heterocycles. The molecular formula is C12H26Cl2O5Si. The number of hydrogen-bond acceptors (Lipinski definition) is 5. The first-order chi connectivity index (χ1) is 9.53. The largest absolute Gasteiger partial charge is 0.506 e. The van der Waals surface area contributed by atoms with Gasteiger partial charge in [-0.3, -0.25) is 0 Å². The number of ether oxygens (including phenoxy) is 2. The summed E-state index contributed by atoms with van der Waals surface area (Å²) in [6.07, 6.45) is -0.863. The lowest BCUT2D eigenvalue weighted by atomic mass is 10.7. The smallest absolute Gasteiger partial charge is 0.372 e. The van der Waals surface area contributed by atoms with Gasteiger partial charge in [-0.1, -0.05) is 0 Å². The van der Waals surface area contributed by atoms with Crippen LogP contribution in [0.5, 0.6) is 0 Å². The van der Waals surface area contributed by atoms with Crippen LogP contribution in [0.4, 0.5) is 0 Å². The summed E-state index contributed by atoms with van der Waals surface area (Å²) in [7, 11) is -2.98. The van der Waals surface area contributed by atoms with Crippen LogP contribution in [0.15, 0.2) is 0 Å². The molecular weight excluding hydrogens is 323 g/mol. The molecule has 5 nitrogen and oxygen atoms in total. The summed E-state index contributed by atoms with van der Waals surface area (Å²) in [4.78, 5) is 0. The van der Waals surface area contributed by atoms with Gasteiger partial charge >= 0.3 is 8.80 Å². The van der Waals surface area contributed by atoms with E-state index in [1.54, 1.807) is 13.8 Å². The van der Waals surface area contributed by atoms with Gasteiger partial charge in [0.1, 0.15) is 12.6 Å². The minimum absolute atomic E-state index is 0.336. The van der Waals surface area contributed by atoms with Crippen molar-refractivity contribution in [2.24, 2.45) is 0 Å². The van der Waals surface area contributed by atoms with E-state index in [4.69, 9.17) is 46.0 Å². The van der Waals surface area contributed by atoms with Gasteiger partial charge in [0.05, 0.1) is 6.61 Å². The summed E-state index contributed by atoms with van der Waals surface area (Å²) in [5, 5.41) is 0. The van der Waals surface area contributed by atoms with Crippen LogP contribution >= 0.6 is 23.2 Å². The van der Waals surface area contributed by atoms with E-state index in [2.05, 4.69) is 0 Å². The zero-order valence-corrected chi connectivity index (χ0v) is 15.2. The Balaban J connectivity index is 4.81. The molecule has 0 aliphatic rings. The Bertz CT molecular complexity index is 222. The molecule has 2 atom stereocenters. The highest BCUT2D eigenvalue weighted by atomic mass is 35.5. The molecule has 0 aromatic rings. The fourth-order valence-corrected chi connectivity index (χ4v) is 4.90. The highest BCUT2D eigenvalue weighted by Gasteiger charge is 2.44. The molecule has 0 fully saturated rings. The van der Waals surface area contributed by atoms with E-state index < -0.39 is 21.4 Å². The predicted molar refractivity (Wildman–Crippen MR) is 82.3 cm³/mol. The fraction of sp³-hybridized carbons (Fsp3) is 1.00. The molecule has 2 unspecified atom stereocenters. The van der Waals surface area contributed by atoms with Gasteiger partial charge in [0, 0.05) is 31.0 Å². The maximum Gasteiger partial charge on any atom is 0.506 e. The molecule has 0 radical (unpaired) electrons. The topological polar surface area (TPSA) is 46.2 Å². The van der Waals surface area contributed by atoms with Gasteiger partial charge in [0.15, 0.2) is 0 Å². The normalized spacial score (nSPS) is 17.7. The molecule has 8 heteroatoms. The predicted octanol–water partition coefficient (Wildman–Crippen LogP) is 3.22. The zero-order valence-electron chi connectivity index (χ0n) is 12.7. The lowest BCUT2D eigenvalue weighted by molar-refractivity contribution is -0.145. The molecule has 0 aromatic carbocycles. The van der Waals surface area contributed by atoms with E-state index in [1.165, 1.54) is 0 Å². The first-order valence-corrected chi connectivity index (χ1v) is 9.88. The number of halogens is 2. The van der Waals surface area contributed by atoms with Gasteiger partial charge in [-0.05, 0) is 27.7 Å². The van der Waals surface area contributed by atoms with Crippen LogP contribution in [-0.4, -0.2) is 53.0 Å².